The Morgan fingerprint density at radius 3 is 3.20 bits per heavy atom. The zero-order chi connectivity index (χ0) is 7.40. The summed E-state index contributed by atoms with van der Waals surface area (Å²) in [6, 6.07) is 0. The maximum atomic E-state index is 10.4. The van der Waals surface area contributed by atoms with Gasteiger partial charge in [-0.25, -0.2) is 0 Å². The molecule has 10 heavy (non-hydrogen) atoms. The average molecular weight is 156 g/mol. The van der Waals surface area contributed by atoms with Crippen molar-refractivity contribution in [3.05, 3.63) is 11.6 Å². The molecule has 0 spiro atoms. The van der Waals surface area contributed by atoms with Gasteiger partial charge in [0.2, 0.25) is 5.91 Å². The lowest BCUT2D eigenvalue weighted by molar-refractivity contribution is -0.116. The maximum Gasteiger partial charge on any atom is 0.223 e. The molecule has 0 aromatic rings. The first-order chi connectivity index (χ1) is 4.79. The van der Waals surface area contributed by atoms with Gasteiger partial charge in [0.15, 0.2) is 0 Å². The topological polar surface area (TPSA) is 55.5 Å². The summed E-state index contributed by atoms with van der Waals surface area (Å²) in [5.41, 5.74) is 5.83. The Morgan fingerprint density at radius 1 is 1.90 bits per heavy atom. The standard InChI is InChI=1S/C6H8N2OS/c7-6(9)3-5-4-10-2-1-8-5/h1-2H,3-4H2,(H2,7,9). The van der Waals surface area contributed by atoms with Gasteiger partial charge in [-0.2, -0.15) is 0 Å². The Morgan fingerprint density at radius 2 is 2.70 bits per heavy atom. The smallest absolute Gasteiger partial charge is 0.223 e. The van der Waals surface area contributed by atoms with E-state index in [1.165, 1.54) is 0 Å². The SMILES string of the molecule is NC(=O)CC1=NC=CSC1. The van der Waals surface area contributed by atoms with Crippen LogP contribution in [-0.2, 0) is 4.79 Å². The van der Waals surface area contributed by atoms with Crippen LogP contribution in [0.15, 0.2) is 16.6 Å². The Hall–Kier alpha value is -0.770. The van der Waals surface area contributed by atoms with E-state index in [-0.39, 0.29) is 12.3 Å². The molecule has 0 saturated heterocycles. The van der Waals surface area contributed by atoms with Gasteiger partial charge in [-0.15, -0.1) is 11.8 Å². The van der Waals surface area contributed by atoms with Crippen molar-refractivity contribution < 1.29 is 4.79 Å². The minimum Gasteiger partial charge on any atom is -0.369 e. The molecule has 0 saturated carbocycles. The summed E-state index contributed by atoms with van der Waals surface area (Å²) in [7, 11) is 0. The highest BCUT2D eigenvalue weighted by Crippen LogP contribution is 2.09. The molecule has 0 fully saturated rings. The predicted octanol–water partition coefficient (Wildman–Crippen LogP) is 0.521. The van der Waals surface area contributed by atoms with E-state index >= 15 is 0 Å². The van der Waals surface area contributed by atoms with Gasteiger partial charge in [0.05, 0.1) is 6.42 Å². The fourth-order valence-corrected chi connectivity index (χ4v) is 1.27. The summed E-state index contributed by atoms with van der Waals surface area (Å²) in [4.78, 5) is 14.4. The van der Waals surface area contributed by atoms with Crippen LogP contribution in [0.3, 0.4) is 0 Å². The molecule has 1 rings (SSSR count). The number of primary amides is 1. The van der Waals surface area contributed by atoms with Gasteiger partial charge in [0.1, 0.15) is 0 Å². The van der Waals surface area contributed by atoms with Crippen molar-refractivity contribution in [3.8, 4) is 0 Å². The van der Waals surface area contributed by atoms with E-state index in [2.05, 4.69) is 4.99 Å². The minimum absolute atomic E-state index is 0.289. The molecule has 0 radical (unpaired) electrons. The van der Waals surface area contributed by atoms with Crippen LogP contribution in [-0.4, -0.2) is 17.4 Å². The monoisotopic (exact) mass is 156 g/mol. The van der Waals surface area contributed by atoms with Gasteiger partial charge in [-0.3, -0.25) is 9.79 Å². The Bertz CT molecular complexity index is 198. The van der Waals surface area contributed by atoms with E-state index in [1.54, 1.807) is 18.0 Å². The molecule has 1 heterocycles. The molecule has 1 aliphatic heterocycles. The number of hydrogen-bond donors (Lipinski definition) is 1. The number of thioether (sulfide) groups is 1. The van der Waals surface area contributed by atoms with Crippen molar-refractivity contribution in [2.45, 2.75) is 6.42 Å². The molecule has 3 nitrogen and oxygen atoms in total. The molecule has 54 valence electrons. The summed E-state index contributed by atoms with van der Waals surface area (Å²) >= 11 is 1.63. The highest BCUT2D eigenvalue weighted by Gasteiger charge is 2.04. The van der Waals surface area contributed by atoms with E-state index in [1.807, 2.05) is 5.41 Å². The highest BCUT2D eigenvalue weighted by molar-refractivity contribution is 8.02. The van der Waals surface area contributed by atoms with Crippen molar-refractivity contribution in [1.29, 1.82) is 0 Å². The molecule has 4 heteroatoms. The van der Waals surface area contributed by atoms with E-state index in [9.17, 15) is 4.79 Å². The lowest BCUT2D eigenvalue weighted by atomic mass is 10.3. The molecule has 2 N–H and O–H groups in total. The number of aliphatic imine (C=N–C) groups is 1. The van der Waals surface area contributed by atoms with E-state index in [4.69, 9.17) is 5.73 Å². The second kappa shape index (κ2) is 3.41. The Balaban J connectivity index is 2.47. The number of nitrogens with two attached hydrogens (primary N) is 1. The van der Waals surface area contributed by atoms with E-state index < -0.39 is 0 Å². The summed E-state index contributed by atoms with van der Waals surface area (Å²) in [5.74, 6) is 0.481. The summed E-state index contributed by atoms with van der Waals surface area (Å²) in [6.45, 7) is 0. The normalized spacial score (nSPS) is 16.6. The Labute approximate surface area is 63.4 Å². The third-order valence-electron chi connectivity index (χ3n) is 1.04. The van der Waals surface area contributed by atoms with Crippen LogP contribution in [0.5, 0.6) is 0 Å². The molecule has 0 unspecified atom stereocenters. The largest absolute Gasteiger partial charge is 0.369 e. The van der Waals surface area contributed by atoms with Crippen LogP contribution in [0.2, 0.25) is 0 Å². The lowest BCUT2D eigenvalue weighted by Crippen LogP contribution is -2.17. The molecule has 1 aliphatic rings. The van der Waals surface area contributed by atoms with Gasteiger partial charge in [-0.1, -0.05) is 0 Å². The lowest BCUT2D eigenvalue weighted by Gasteiger charge is -2.03. The summed E-state index contributed by atoms with van der Waals surface area (Å²) in [5, 5.41) is 1.89. The van der Waals surface area contributed by atoms with E-state index in [0.717, 1.165) is 11.5 Å². The molecule has 0 atom stereocenters. The van der Waals surface area contributed by atoms with Crippen molar-refractivity contribution in [2.24, 2.45) is 10.7 Å². The number of amides is 1. The molecular weight excluding hydrogens is 148 g/mol. The molecule has 0 aliphatic carbocycles. The van der Waals surface area contributed by atoms with Crippen LogP contribution in [0.4, 0.5) is 0 Å². The molecule has 0 aromatic carbocycles. The van der Waals surface area contributed by atoms with Crippen molar-refractivity contribution in [1.82, 2.24) is 0 Å². The first-order valence-corrected chi connectivity index (χ1v) is 3.94. The van der Waals surface area contributed by atoms with Crippen molar-refractivity contribution in [2.75, 3.05) is 5.75 Å². The zero-order valence-electron chi connectivity index (χ0n) is 5.41. The Kier molecular flexibility index (Phi) is 2.50. The second-order valence-electron chi connectivity index (χ2n) is 1.93. The van der Waals surface area contributed by atoms with Crippen molar-refractivity contribution >= 4 is 23.4 Å². The first kappa shape index (κ1) is 7.34. The van der Waals surface area contributed by atoms with Gasteiger partial charge < -0.3 is 5.73 Å². The van der Waals surface area contributed by atoms with Crippen LogP contribution < -0.4 is 5.73 Å². The minimum atomic E-state index is -0.311. The van der Waals surface area contributed by atoms with Gasteiger partial charge in [0, 0.05) is 17.7 Å². The van der Waals surface area contributed by atoms with Crippen LogP contribution >= 0.6 is 11.8 Å². The van der Waals surface area contributed by atoms with Crippen LogP contribution in [0.25, 0.3) is 0 Å². The fraction of sp³-hybridized carbons (Fsp3) is 0.333. The van der Waals surface area contributed by atoms with E-state index in [0.29, 0.717) is 0 Å². The number of carbonyl (C=O) groups is 1. The van der Waals surface area contributed by atoms with Crippen LogP contribution in [0, 0.1) is 0 Å². The van der Waals surface area contributed by atoms with Gasteiger partial charge in [0.25, 0.3) is 0 Å². The maximum absolute atomic E-state index is 10.4. The van der Waals surface area contributed by atoms with Crippen LogP contribution in [0.1, 0.15) is 6.42 Å². The number of hydrogen-bond acceptors (Lipinski definition) is 3. The predicted molar refractivity (Wildman–Crippen MR) is 42.8 cm³/mol. The third kappa shape index (κ3) is 2.23. The fourth-order valence-electron chi connectivity index (χ4n) is 0.658. The molecule has 0 bridgehead atoms. The van der Waals surface area contributed by atoms with Crippen molar-refractivity contribution in [3.63, 3.8) is 0 Å². The average Bonchev–Trinajstić information content (AvgIpc) is 1.88. The van der Waals surface area contributed by atoms with Gasteiger partial charge >= 0.3 is 0 Å². The quantitative estimate of drug-likeness (QED) is 0.633. The summed E-state index contributed by atoms with van der Waals surface area (Å²) < 4.78 is 0. The molecule has 1 amide bonds. The number of nitrogens with zero attached hydrogens (tertiary/aromatic N) is 1. The highest BCUT2D eigenvalue weighted by atomic mass is 32.2. The first-order valence-electron chi connectivity index (χ1n) is 2.89. The third-order valence-corrected chi connectivity index (χ3v) is 1.86. The second-order valence-corrected chi connectivity index (χ2v) is 2.83. The number of carbonyl (C=O) groups excluding carboxylic acids is 1. The molecule has 0 aromatic heterocycles. The number of rotatable bonds is 2. The zero-order valence-corrected chi connectivity index (χ0v) is 6.23. The summed E-state index contributed by atoms with van der Waals surface area (Å²) in [6.07, 6.45) is 1.98. The molecular formula is C6H8N2OS. The van der Waals surface area contributed by atoms with Gasteiger partial charge in [-0.05, 0) is 5.41 Å².